The van der Waals surface area contributed by atoms with Crippen molar-refractivity contribution in [1.29, 1.82) is 0 Å². The molecule has 3 nitrogen and oxygen atoms in total. The van der Waals surface area contributed by atoms with Gasteiger partial charge in [0.05, 0.1) is 5.92 Å². The maximum atomic E-state index is 11.5. The number of hydrogen-bond donors (Lipinski definition) is 1. The van der Waals surface area contributed by atoms with Crippen molar-refractivity contribution in [3.05, 3.63) is 6.54 Å². The summed E-state index contributed by atoms with van der Waals surface area (Å²) >= 11 is 0. The van der Waals surface area contributed by atoms with E-state index >= 15 is 0 Å². The van der Waals surface area contributed by atoms with Crippen LogP contribution in [0.15, 0.2) is 0 Å². The molecule has 0 aliphatic carbocycles. The Labute approximate surface area is 79.8 Å². The van der Waals surface area contributed by atoms with Crippen molar-refractivity contribution in [1.82, 2.24) is 5.32 Å². The Morgan fingerprint density at radius 2 is 2.23 bits per heavy atom. The standard InChI is InChI=1S/C10H18NO2/c1-10(2,3)13-9(12)8-4-6-11-7-5-8/h6,8,11H,4-5,7H2,1-3H3. The smallest absolute Gasteiger partial charge is 0.309 e. The number of rotatable bonds is 1. The third-order valence-corrected chi connectivity index (χ3v) is 1.92. The molecule has 1 fully saturated rings. The summed E-state index contributed by atoms with van der Waals surface area (Å²) in [5.74, 6) is -0.00859. The Bertz CT molecular complexity index is 178. The monoisotopic (exact) mass is 184 g/mol. The summed E-state index contributed by atoms with van der Waals surface area (Å²) in [7, 11) is 0. The molecule has 13 heavy (non-hydrogen) atoms. The van der Waals surface area contributed by atoms with E-state index in [-0.39, 0.29) is 17.5 Å². The topological polar surface area (TPSA) is 38.3 Å². The Balaban J connectivity index is 2.38. The van der Waals surface area contributed by atoms with Crippen LogP contribution in [0.2, 0.25) is 0 Å². The molecule has 1 radical (unpaired) electrons. The van der Waals surface area contributed by atoms with E-state index in [9.17, 15) is 4.79 Å². The van der Waals surface area contributed by atoms with Gasteiger partial charge in [0.1, 0.15) is 5.60 Å². The molecule has 1 aliphatic rings. The van der Waals surface area contributed by atoms with Gasteiger partial charge >= 0.3 is 5.97 Å². The summed E-state index contributed by atoms with van der Waals surface area (Å²) in [6, 6.07) is 0. The van der Waals surface area contributed by atoms with Crippen LogP contribution >= 0.6 is 0 Å². The maximum Gasteiger partial charge on any atom is 0.309 e. The third-order valence-electron chi connectivity index (χ3n) is 1.92. The molecule has 1 rings (SSSR count). The molecule has 0 bridgehead atoms. The highest BCUT2D eigenvalue weighted by molar-refractivity contribution is 5.73. The van der Waals surface area contributed by atoms with Crippen molar-refractivity contribution < 1.29 is 9.53 Å². The fourth-order valence-corrected chi connectivity index (χ4v) is 1.30. The first-order chi connectivity index (χ1) is 5.99. The van der Waals surface area contributed by atoms with E-state index in [1.54, 1.807) is 0 Å². The van der Waals surface area contributed by atoms with Gasteiger partial charge in [-0.1, -0.05) is 0 Å². The molecule has 3 heteroatoms. The molecule has 0 spiro atoms. The fraction of sp³-hybridized carbons (Fsp3) is 0.800. The van der Waals surface area contributed by atoms with E-state index in [0.29, 0.717) is 0 Å². The zero-order chi connectivity index (χ0) is 9.90. The fourth-order valence-electron chi connectivity index (χ4n) is 1.30. The normalized spacial score (nSPS) is 19.9. The van der Waals surface area contributed by atoms with Crippen LogP contribution in [0.1, 0.15) is 33.6 Å². The minimum Gasteiger partial charge on any atom is -0.460 e. The zero-order valence-corrected chi connectivity index (χ0v) is 8.59. The number of nitrogens with one attached hydrogen (secondary N) is 1. The van der Waals surface area contributed by atoms with Crippen LogP contribution < -0.4 is 5.32 Å². The Hall–Kier alpha value is -0.570. The first kappa shape index (κ1) is 10.5. The van der Waals surface area contributed by atoms with Crippen molar-refractivity contribution in [2.24, 2.45) is 5.92 Å². The van der Waals surface area contributed by atoms with Gasteiger partial charge in [-0.2, -0.15) is 0 Å². The second-order valence-electron chi connectivity index (χ2n) is 4.41. The van der Waals surface area contributed by atoms with Crippen LogP contribution in [0.3, 0.4) is 0 Å². The van der Waals surface area contributed by atoms with E-state index in [1.165, 1.54) is 0 Å². The quantitative estimate of drug-likeness (QED) is 0.627. The van der Waals surface area contributed by atoms with Crippen LogP contribution in [0.25, 0.3) is 0 Å². The molecule has 75 valence electrons. The van der Waals surface area contributed by atoms with Crippen molar-refractivity contribution in [3.8, 4) is 0 Å². The van der Waals surface area contributed by atoms with E-state index in [0.717, 1.165) is 19.4 Å². The van der Waals surface area contributed by atoms with Crippen LogP contribution in [0.4, 0.5) is 0 Å². The summed E-state index contributed by atoms with van der Waals surface area (Å²) < 4.78 is 5.29. The predicted octanol–water partition coefficient (Wildman–Crippen LogP) is 1.49. The zero-order valence-electron chi connectivity index (χ0n) is 8.59. The summed E-state index contributed by atoms with van der Waals surface area (Å²) in [5.41, 5.74) is -0.359. The lowest BCUT2D eigenvalue weighted by Crippen LogP contribution is -2.34. The van der Waals surface area contributed by atoms with Gasteiger partial charge in [-0.25, -0.2) is 0 Å². The highest BCUT2D eigenvalue weighted by atomic mass is 16.6. The number of ether oxygens (including phenoxy) is 1. The van der Waals surface area contributed by atoms with Crippen molar-refractivity contribution in [2.75, 3.05) is 6.54 Å². The van der Waals surface area contributed by atoms with Gasteiger partial charge in [0.2, 0.25) is 0 Å². The average Bonchev–Trinajstić information content (AvgIpc) is 2.03. The Morgan fingerprint density at radius 1 is 1.54 bits per heavy atom. The Morgan fingerprint density at radius 3 is 2.69 bits per heavy atom. The largest absolute Gasteiger partial charge is 0.460 e. The SMILES string of the molecule is CC(C)(C)OC(=O)C1C[CH]NCC1. The van der Waals surface area contributed by atoms with Crippen LogP contribution in [0.5, 0.6) is 0 Å². The Kier molecular flexibility index (Phi) is 3.31. The minimum atomic E-state index is -0.359. The second kappa shape index (κ2) is 4.09. The van der Waals surface area contributed by atoms with Crippen molar-refractivity contribution in [3.63, 3.8) is 0 Å². The van der Waals surface area contributed by atoms with E-state index in [4.69, 9.17) is 4.74 Å². The molecule has 0 saturated carbocycles. The number of piperidine rings is 1. The molecule has 0 aromatic heterocycles. The van der Waals surface area contributed by atoms with E-state index in [2.05, 4.69) is 5.32 Å². The van der Waals surface area contributed by atoms with E-state index in [1.807, 2.05) is 27.3 Å². The molecular formula is C10H18NO2. The average molecular weight is 184 g/mol. The summed E-state index contributed by atoms with van der Waals surface area (Å²) in [6.07, 6.45) is 1.67. The van der Waals surface area contributed by atoms with Crippen molar-refractivity contribution in [2.45, 2.75) is 39.2 Å². The van der Waals surface area contributed by atoms with Gasteiger partial charge in [0, 0.05) is 6.54 Å². The highest BCUT2D eigenvalue weighted by Gasteiger charge is 2.26. The number of carbonyl (C=O) groups excluding carboxylic acids is 1. The van der Waals surface area contributed by atoms with Gasteiger partial charge in [0.25, 0.3) is 0 Å². The summed E-state index contributed by atoms with van der Waals surface area (Å²) in [6.45, 7) is 8.52. The minimum absolute atomic E-state index is 0.0560. The molecule has 1 N–H and O–H groups in total. The highest BCUT2D eigenvalue weighted by Crippen LogP contribution is 2.19. The number of carbonyl (C=O) groups is 1. The molecule has 1 saturated heterocycles. The van der Waals surface area contributed by atoms with Crippen LogP contribution in [-0.4, -0.2) is 18.1 Å². The molecule has 0 aromatic carbocycles. The molecular weight excluding hydrogens is 166 g/mol. The van der Waals surface area contributed by atoms with E-state index < -0.39 is 0 Å². The van der Waals surface area contributed by atoms with Crippen LogP contribution in [-0.2, 0) is 9.53 Å². The molecule has 1 atom stereocenters. The second-order valence-corrected chi connectivity index (χ2v) is 4.41. The van der Waals surface area contributed by atoms with Gasteiger partial charge in [-0.15, -0.1) is 0 Å². The molecule has 0 aromatic rings. The maximum absolute atomic E-state index is 11.5. The lowest BCUT2D eigenvalue weighted by atomic mass is 9.98. The summed E-state index contributed by atoms with van der Waals surface area (Å²) in [5, 5.41) is 3.10. The van der Waals surface area contributed by atoms with Gasteiger partial charge in [0.15, 0.2) is 0 Å². The predicted molar refractivity (Wildman–Crippen MR) is 50.9 cm³/mol. The molecule has 0 amide bonds. The molecule has 1 aliphatic heterocycles. The van der Waals surface area contributed by atoms with Crippen molar-refractivity contribution >= 4 is 5.97 Å². The molecule has 1 heterocycles. The van der Waals surface area contributed by atoms with Gasteiger partial charge in [-0.3, -0.25) is 4.79 Å². The first-order valence-electron chi connectivity index (χ1n) is 4.77. The lowest BCUT2D eigenvalue weighted by molar-refractivity contribution is -0.160. The first-order valence-corrected chi connectivity index (χ1v) is 4.77. The lowest BCUT2D eigenvalue weighted by Gasteiger charge is -2.26. The van der Waals surface area contributed by atoms with Gasteiger partial charge in [-0.05, 0) is 40.2 Å². The third kappa shape index (κ3) is 3.77. The summed E-state index contributed by atoms with van der Waals surface area (Å²) in [4.78, 5) is 11.5. The number of hydrogen-bond acceptors (Lipinski definition) is 3. The number of esters is 1. The van der Waals surface area contributed by atoms with Gasteiger partial charge < -0.3 is 10.1 Å². The van der Waals surface area contributed by atoms with Crippen LogP contribution in [0, 0.1) is 12.5 Å². The molecule has 1 unspecified atom stereocenters.